The summed E-state index contributed by atoms with van der Waals surface area (Å²) in [6.45, 7) is 1.84. The first-order chi connectivity index (χ1) is 14.5. The SMILES string of the molecule is CN1CCNCc2c(cnn2C)-c2ccc3c(c2)/C(=C/c2[nH]ccc2C1=O)C(=O)N3. The number of hydrogen-bond donors (Lipinski definition) is 3. The van der Waals surface area contributed by atoms with Crippen LogP contribution >= 0.6 is 0 Å². The number of benzene rings is 1. The van der Waals surface area contributed by atoms with E-state index in [1.54, 1.807) is 30.3 Å². The molecule has 4 heterocycles. The molecule has 0 saturated carbocycles. The summed E-state index contributed by atoms with van der Waals surface area (Å²) in [6, 6.07) is 7.68. The zero-order chi connectivity index (χ0) is 20.8. The summed E-state index contributed by atoms with van der Waals surface area (Å²) in [5.41, 5.74) is 6.35. The smallest absolute Gasteiger partial charge is 0.256 e. The maximum atomic E-state index is 12.9. The summed E-state index contributed by atoms with van der Waals surface area (Å²) >= 11 is 0. The Morgan fingerprint density at radius 2 is 1.93 bits per heavy atom. The molecule has 2 aromatic heterocycles. The van der Waals surface area contributed by atoms with E-state index in [2.05, 4.69) is 20.7 Å². The third-order valence-corrected chi connectivity index (χ3v) is 5.74. The van der Waals surface area contributed by atoms with Gasteiger partial charge in [-0.3, -0.25) is 14.3 Å². The first-order valence-electron chi connectivity index (χ1n) is 9.85. The minimum absolute atomic E-state index is 0.0895. The van der Waals surface area contributed by atoms with Gasteiger partial charge in [0.05, 0.1) is 28.7 Å². The Morgan fingerprint density at radius 3 is 2.80 bits per heavy atom. The van der Waals surface area contributed by atoms with Crippen molar-refractivity contribution in [2.75, 3.05) is 25.5 Å². The molecule has 0 unspecified atom stereocenters. The summed E-state index contributed by atoms with van der Waals surface area (Å²) in [4.78, 5) is 30.4. The summed E-state index contributed by atoms with van der Waals surface area (Å²) < 4.78 is 1.85. The van der Waals surface area contributed by atoms with E-state index >= 15 is 0 Å². The van der Waals surface area contributed by atoms with Crippen molar-refractivity contribution in [2.24, 2.45) is 7.05 Å². The van der Waals surface area contributed by atoms with Crippen LogP contribution in [0.4, 0.5) is 5.69 Å². The van der Waals surface area contributed by atoms with E-state index in [-0.39, 0.29) is 11.8 Å². The molecule has 1 aromatic carbocycles. The number of fused-ring (bicyclic) bond motifs is 4. The van der Waals surface area contributed by atoms with E-state index < -0.39 is 0 Å². The van der Waals surface area contributed by atoms with Crippen LogP contribution in [0.3, 0.4) is 0 Å². The second kappa shape index (κ2) is 7.00. The number of carbonyl (C=O) groups is 2. The lowest BCUT2D eigenvalue weighted by molar-refractivity contribution is -0.110. The second-order valence-corrected chi connectivity index (χ2v) is 7.61. The zero-order valence-electron chi connectivity index (χ0n) is 16.8. The van der Waals surface area contributed by atoms with Crippen molar-refractivity contribution in [1.29, 1.82) is 0 Å². The van der Waals surface area contributed by atoms with Crippen LogP contribution in [0.2, 0.25) is 0 Å². The molecule has 3 N–H and O–H groups in total. The van der Waals surface area contributed by atoms with Gasteiger partial charge in [-0.05, 0) is 29.8 Å². The van der Waals surface area contributed by atoms with E-state index in [4.69, 9.17) is 0 Å². The van der Waals surface area contributed by atoms with Crippen LogP contribution < -0.4 is 10.6 Å². The Morgan fingerprint density at radius 1 is 1.07 bits per heavy atom. The van der Waals surface area contributed by atoms with E-state index in [0.29, 0.717) is 36.5 Å². The first-order valence-corrected chi connectivity index (χ1v) is 9.85. The van der Waals surface area contributed by atoms with Crippen LogP contribution in [-0.4, -0.2) is 51.6 Å². The van der Waals surface area contributed by atoms with E-state index in [1.807, 2.05) is 36.1 Å². The number of anilines is 1. The average Bonchev–Trinajstić information content (AvgIpc) is 3.42. The summed E-state index contributed by atoms with van der Waals surface area (Å²) in [7, 11) is 3.70. The van der Waals surface area contributed by atoms with Gasteiger partial charge in [0, 0.05) is 56.7 Å². The number of likely N-dealkylation sites (N-methyl/N-ethyl adjacent to an activating group) is 1. The number of amides is 2. The lowest BCUT2D eigenvalue weighted by Gasteiger charge is -2.17. The second-order valence-electron chi connectivity index (χ2n) is 7.61. The highest BCUT2D eigenvalue weighted by atomic mass is 16.2. The van der Waals surface area contributed by atoms with Crippen LogP contribution in [0.25, 0.3) is 22.8 Å². The number of aryl methyl sites for hydroxylation is 1. The fourth-order valence-electron chi connectivity index (χ4n) is 4.01. The van der Waals surface area contributed by atoms with Gasteiger partial charge in [-0.25, -0.2) is 0 Å². The normalized spacial score (nSPS) is 18.1. The van der Waals surface area contributed by atoms with Crippen molar-refractivity contribution in [1.82, 2.24) is 25.0 Å². The number of aromatic nitrogens is 3. The van der Waals surface area contributed by atoms with Crippen molar-refractivity contribution < 1.29 is 9.59 Å². The fourth-order valence-corrected chi connectivity index (χ4v) is 4.01. The van der Waals surface area contributed by atoms with Crippen molar-refractivity contribution in [3.8, 4) is 11.1 Å². The predicted octanol–water partition coefficient (Wildman–Crippen LogP) is 2.08. The Labute approximate surface area is 173 Å². The number of carbonyl (C=O) groups excluding carboxylic acids is 2. The Kier molecular flexibility index (Phi) is 4.29. The van der Waals surface area contributed by atoms with Gasteiger partial charge in [0.15, 0.2) is 0 Å². The highest BCUT2D eigenvalue weighted by Crippen LogP contribution is 2.37. The Hall–Kier alpha value is -3.65. The summed E-state index contributed by atoms with van der Waals surface area (Å²) in [5, 5.41) is 10.8. The molecule has 30 heavy (non-hydrogen) atoms. The number of nitrogens with one attached hydrogen (secondary N) is 3. The highest BCUT2D eigenvalue weighted by Gasteiger charge is 2.27. The van der Waals surface area contributed by atoms with E-state index in [1.165, 1.54) is 0 Å². The van der Waals surface area contributed by atoms with Gasteiger partial charge in [-0.2, -0.15) is 5.10 Å². The predicted molar refractivity (Wildman–Crippen MR) is 115 cm³/mol. The summed E-state index contributed by atoms with van der Waals surface area (Å²) in [6.07, 6.45) is 5.33. The standard InChI is InChI=1S/C22H22N6O2/c1-27-8-7-23-12-20-17(11-25-28(20)2)13-3-4-18-15(9-13)16(21(29)26-18)10-19-14(22(27)30)5-6-24-19/h3-6,9-11,23-24H,7-8,12H2,1-2H3,(H,26,29)/b16-10-. The van der Waals surface area contributed by atoms with Crippen molar-refractivity contribution in [3.63, 3.8) is 0 Å². The number of rotatable bonds is 0. The molecule has 2 bridgehead atoms. The maximum absolute atomic E-state index is 12.9. The van der Waals surface area contributed by atoms with Crippen LogP contribution in [0.5, 0.6) is 0 Å². The summed E-state index contributed by atoms with van der Waals surface area (Å²) in [5.74, 6) is -0.269. The zero-order valence-corrected chi connectivity index (χ0v) is 16.8. The van der Waals surface area contributed by atoms with Crippen LogP contribution in [-0.2, 0) is 18.4 Å². The number of nitrogens with zero attached hydrogens (tertiary/aromatic N) is 3. The molecule has 0 radical (unpaired) electrons. The van der Waals surface area contributed by atoms with Gasteiger partial charge in [0.1, 0.15) is 0 Å². The molecule has 8 nitrogen and oxygen atoms in total. The Bertz CT molecular complexity index is 1200. The highest BCUT2D eigenvalue weighted by molar-refractivity contribution is 6.35. The quantitative estimate of drug-likeness (QED) is 0.537. The molecule has 152 valence electrons. The molecule has 2 aliphatic rings. The van der Waals surface area contributed by atoms with Crippen LogP contribution in [0.15, 0.2) is 36.7 Å². The first kappa shape index (κ1) is 18.4. The molecule has 5 rings (SSSR count). The molecule has 0 saturated heterocycles. The third kappa shape index (κ3) is 2.93. The minimum Gasteiger partial charge on any atom is -0.361 e. The average molecular weight is 402 g/mol. The van der Waals surface area contributed by atoms with E-state index in [9.17, 15) is 9.59 Å². The Balaban J connectivity index is 1.70. The number of hydrogen-bond acceptors (Lipinski definition) is 4. The molecule has 0 aliphatic carbocycles. The molecular weight excluding hydrogens is 380 g/mol. The fraction of sp³-hybridized carbons (Fsp3) is 0.227. The van der Waals surface area contributed by atoms with Crippen molar-refractivity contribution in [3.05, 3.63) is 59.2 Å². The van der Waals surface area contributed by atoms with Gasteiger partial charge in [0.25, 0.3) is 11.8 Å². The van der Waals surface area contributed by atoms with Gasteiger partial charge >= 0.3 is 0 Å². The lowest BCUT2D eigenvalue weighted by atomic mass is 9.98. The van der Waals surface area contributed by atoms with Gasteiger partial charge < -0.3 is 20.5 Å². The largest absolute Gasteiger partial charge is 0.361 e. The molecule has 0 atom stereocenters. The minimum atomic E-state index is -0.180. The number of aromatic amines is 1. The van der Waals surface area contributed by atoms with E-state index in [0.717, 1.165) is 28.1 Å². The molecule has 8 heteroatoms. The molecule has 2 amide bonds. The number of H-pyrrole nitrogens is 1. The van der Waals surface area contributed by atoms with Crippen molar-refractivity contribution >= 4 is 29.2 Å². The molecule has 0 fully saturated rings. The van der Waals surface area contributed by atoms with Gasteiger partial charge in [-0.15, -0.1) is 0 Å². The molecular formula is C22H22N6O2. The van der Waals surface area contributed by atoms with Crippen LogP contribution in [0, 0.1) is 0 Å². The van der Waals surface area contributed by atoms with Crippen molar-refractivity contribution in [2.45, 2.75) is 6.54 Å². The van der Waals surface area contributed by atoms with Crippen LogP contribution in [0.1, 0.15) is 27.3 Å². The molecule has 3 aromatic rings. The topological polar surface area (TPSA) is 95.1 Å². The lowest BCUT2D eigenvalue weighted by Crippen LogP contribution is -2.34. The maximum Gasteiger partial charge on any atom is 0.256 e. The van der Waals surface area contributed by atoms with Gasteiger partial charge in [-0.1, -0.05) is 6.07 Å². The molecule has 0 spiro atoms. The van der Waals surface area contributed by atoms with Gasteiger partial charge in [0.2, 0.25) is 0 Å². The monoisotopic (exact) mass is 402 g/mol. The third-order valence-electron chi connectivity index (χ3n) is 5.74. The molecule has 2 aliphatic heterocycles.